The molecule has 1 aromatic carbocycles. The van der Waals surface area contributed by atoms with Crippen LogP contribution in [0.25, 0.3) is 33.2 Å². The van der Waals surface area contributed by atoms with Crippen LogP contribution in [0, 0.1) is 0 Å². The van der Waals surface area contributed by atoms with Gasteiger partial charge in [-0.05, 0) is 31.5 Å². The minimum atomic E-state index is -2.54. The van der Waals surface area contributed by atoms with Crippen molar-refractivity contribution in [3.8, 4) is 17.0 Å². The Kier molecular flexibility index (Phi) is 4.96. The van der Waals surface area contributed by atoms with E-state index < -0.39 is 18.6 Å². The number of fused-ring (bicyclic) bond motifs is 2. The van der Waals surface area contributed by atoms with Crippen molar-refractivity contribution in [2.45, 2.75) is 32.5 Å². The van der Waals surface area contributed by atoms with Crippen molar-refractivity contribution < 1.29 is 17.9 Å². The van der Waals surface area contributed by atoms with Crippen LogP contribution in [0.15, 0.2) is 24.4 Å². The first-order valence-electron chi connectivity index (χ1n) is 9.23. The maximum Gasteiger partial charge on any atom is 0.258 e. The summed E-state index contributed by atoms with van der Waals surface area (Å²) >= 11 is 0. The molecule has 4 aromatic rings. The summed E-state index contributed by atoms with van der Waals surface area (Å²) in [5.41, 5.74) is 1.53. The fraction of sp³-hybridized carbons (Fsp3) is 0.368. The van der Waals surface area contributed by atoms with Gasteiger partial charge in [0.25, 0.3) is 6.43 Å². The summed E-state index contributed by atoms with van der Waals surface area (Å²) in [6.07, 6.45) is -0.812. The van der Waals surface area contributed by atoms with Crippen LogP contribution in [0.1, 0.15) is 13.8 Å². The maximum atomic E-state index is 13.8. The van der Waals surface area contributed by atoms with E-state index in [2.05, 4.69) is 30.6 Å². The number of hydrogen-bond donors (Lipinski definition) is 2. The van der Waals surface area contributed by atoms with E-state index in [1.807, 2.05) is 6.07 Å². The number of nitrogens with zero attached hydrogens (tertiary/aromatic N) is 5. The first-order valence-corrected chi connectivity index (χ1v) is 9.23. The Hall–Kier alpha value is -3.37. The number of alkyl halides is 3. The lowest BCUT2D eigenvalue weighted by Crippen LogP contribution is -2.25. The Labute approximate surface area is 169 Å². The lowest BCUT2D eigenvalue weighted by atomic mass is 10.1. The predicted octanol–water partition coefficient (Wildman–Crippen LogP) is 3.80. The molecule has 4 rings (SSSR count). The van der Waals surface area contributed by atoms with Crippen LogP contribution >= 0.6 is 0 Å². The zero-order chi connectivity index (χ0) is 21.5. The quantitative estimate of drug-likeness (QED) is 0.473. The summed E-state index contributed by atoms with van der Waals surface area (Å²) in [5, 5.41) is 11.2. The number of hydrogen-bond acceptors (Lipinski definition) is 6. The molecule has 0 aliphatic rings. The standard InChI is InChI=1S/C19H20F3N7O/c1-19(2,22)9-24-18-25-16-15(17(26-18)30-3)11(7-23-16)10-4-5-12-13(6-10)29(28-27-12)8-14(20)21/h4-7,14H,8-9H2,1-3H3,(H2,23,24,25,26). The summed E-state index contributed by atoms with van der Waals surface area (Å²) in [4.78, 5) is 11.8. The number of halogens is 3. The molecule has 2 N–H and O–H groups in total. The molecule has 0 unspecified atom stereocenters. The molecule has 0 aliphatic carbocycles. The first kappa shape index (κ1) is 19.9. The second-order valence-corrected chi connectivity index (χ2v) is 7.42. The van der Waals surface area contributed by atoms with Gasteiger partial charge < -0.3 is 15.0 Å². The zero-order valence-electron chi connectivity index (χ0n) is 16.6. The van der Waals surface area contributed by atoms with Crippen molar-refractivity contribution in [2.24, 2.45) is 0 Å². The smallest absolute Gasteiger partial charge is 0.258 e. The Morgan fingerprint density at radius 1 is 1.27 bits per heavy atom. The van der Waals surface area contributed by atoms with Crippen molar-refractivity contribution in [1.29, 1.82) is 0 Å². The number of aromatic nitrogens is 6. The first-order chi connectivity index (χ1) is 14.2. The van der Waals surface area contributed by atoms with Crippen LogP contribution in [0.5, 0.6) is 5.88 Å². The van der Waals surface area contributed by atoms with Gasteiger partial charge in [-0.1, -0.05) is 11.3 Å². The molecule has 3 aromatic heterocycles. The third kappa shape index (κ3) is 3.87. The highest BCUT2D eigenvalue weighted by Gasteiger charge is 2.20. The molecular weight excluding hydrogens is 399 g/mol. The van der Waals surface area contributed by atoms with Gasteiger partial charge in [-0.25, -0.2) is 17.9 Å². The average molecular weight is 419 g/mol. The Balaban J connectivity index is 1.77. The van der Waals surface area contributed by atoms with Crippen LogP contribution in [0.3, 0.4) is 0 Å². The van der Waals surface area contributed by atoms with Gasteiger partial charge >= 0.3 is 0 Å². The Morgan fingerprint density at radius 3 is 2.77 bits per heavy atom. The van der Waals surface area contributed by atoms with E-state index in [1.165, 1.54) is 25.6 Å². The summed E-state index contributed by atoms with van der Waals surface area (Å²) in [6.45, 7) is 2.39. The predicted molar refractivity (Wildman–Crippen MR) is 107 cm³/mol. The van der Waals surface area contributed by atoms with Crippen LogP contribution < -0.4 is 10.1 Å². The summed E-state index contributed by atoms with van der Waals surface area (Å²) in [5.74, 6) is 0.530. The number of ether oxygens (including phenoxy) is 1. The van der Waals surface area contributed by atoms with E-state index in [-0.39, 0.29) is 12.5 Å². The van der Waals surface area contributed by atoms with Crippen LogP contribution in [-0.2, 0) is 6.54 Å². The summed E-state index contributed by atoms with van der Waals surface area (Å²) < 4.78 is 46.1. The Bertz CT molecular complexity index is 1200. The van der Waals surface area contributed by atoms with Gasteiger partial charge in [-0.3, -0.25) is 0 Å². The summed E-state index contributed by atoms with van der Waals surface area (Å²) in [6, 6.07) is 5.26. The molecule has 0 fully saturated rings. The number of aromatic amines is 1. The van der Waals surface area contributed by atoms with E-state index >= 15 is 0 Å². The highest BCUT2D eigenvalue weighted by atomic mass is 19.3. The van der Waals surface area contributed by atoms with E-state index in [0.717, 1.165) is 11.1 Å². The van der Waals surface area contributed by atoms with Crippen LogP contribution in [0.4, 0.5) is 19.1 Å². The van der Waals surface area contributed by atoms with Crippen LogP contribution in [-0.4, -0.2) is 55.7 Å². The highest BCUT2D eigenvalue weighted by Crippen LogP contribution is 2.35. The normalized spacial score (nSPS) is 12.2. The van der Waals surface area contributed by atoms with Gasteiger partial charge in [-0.2, -0.15) is 9.97 Å². The van der Waals surface area contributed by atoms with Gasteiger partial charge in [0.15, 0.2) is 0 Å². The molecule has 0 saturated carbocycles. The van der Waals surface area contributed by atoms with E-state index in [9.17, 15) is 13.2 Å². The van der Waals surface area contributed by atoms with Crippen molar-refractivity contribution in [3.05, 3.63) is 24.4 Å². The molecule has 0 saturated heterocycles. The van der Waals surface area contributed by atoms with E-state index in [0.29, 0.717) is 27.9 Å². The minimum Gasteiger partial charge on any atom is -0.480 e. The number of benzene rings is 1. The molecule has 30 heavy (non-hydrogen) atoms. The number of nitrogens with one attached hydrogen (secondary N) is 2. The van der Waals surface area contributed by atoms with Crippen molar-refractivity contribution >= 4 is 28.0 Å². The molecule has 0 spiro atoms. The average Bonchev–Trinajstić information content (AvgIpc) is 3.28. The number of methoxy groups -OCH3 is 1. The van der Waals surface area contributed by atoms with Crippen LogP contribution in [0.2, 0.25) is 0 Å². The largest absolute Gasteiger partial charge is 0.480 e. The molecule has 0 aliphatic heterocycles. The second-order valence-electron chi connectivity index (χ2n) is 7.42. The third-order valence-corrected chi connectivity index (χ3v) is 4.49. The lowest BCUT2D eigenvalue weighted by molar-refractivity contribution is 0.122. The second kappa shape index (κ2) is 7.47. The monoisotopic (exact) mass is 419 g/mol. The van der Waals surface area contributed by atoms with Crippen molar-refractivity contribution in [2.75, 3.05) is 19.0 Å². The SMILES string of the molecule is COc1nc(NCC(C)(C)F)nc2[nH]cc(-c3ccc4nnn(CC(F)F)c4c3)c12. The molecule has 0 bridgehead atoms. The van der Waals surface area contributed by atoms with Gasteiger partial charge in [0.1, 0.15) is 23.4 Å². The van der Waals surface area contributed by atoms with Crippen molar-refractivity contribution in [1.82, 2.24) is 29.9 Å². The van der Waals surface area contributed by atoms with Gasteiger partial charge in [-0.15, -0.1) is 5.10 Å². The highest BCUT2D eigenvalue weighted by molar-refractivity contribution is 5.99. The summed E-state index contributed by atoms with van der Waals surface area (Å²) in [7, 11) is 1.48. The molecule has 0 atom stereocenters. The molecule has 3 heterocycles. The van der Waals surface area contributed by atoms with E-state index in [1.54, 1.807) is 18.3 Å². The molecular formula is C19H20F3N7O. The lowest BCUT2D eigenvalue weighted by Gasteiger charge is -2.15. The number of rotatable bonds is 7. The van der Waals surface area contributed by atoms with Gasteiger partial charge in [0.05, 0.1) is 24.6 Å². The Morgan fingerprint density at radius 2 is 2.07 bits per heavy atom. The van der Waals surface area contributed by atoms with Gasteiger partial charge in [0.2, 0.25) is 11.8 Å². The van der Waals surface area contributed by atoms with Crippen molar-refractivity contribution in [3.63, 3.8) is 0 Å². The number of anilines is 1. The van der Waals surface area contributed by atoms with E-state index in [4.69, 9.17) is 4.74 Å². The molecule has 158 valence electrons. The molecule has 0 radical (unpaired) electrons. The fourth-order valence-electron chi connectivity index (χ4n) is 3.14. The number of H-pyrrole nitrogens is 1. The third-order valence-electron chi connectivity index (χ3n) is 4.49. The molecule has 0 amide bonds. The zero-order valence-corrected chi connectivity index (χ0v) is 16.6. The van der Waals surface area contributed by atoms with Gasteiger partial charge in [0, 0.05) is 11.8 Å². The molecule has 11 heteroatoms. The minimum absolute atomic E-state index is 0.0347. The molecule has 8 nitrogen and oxygen atoms in total. The maximum absolute atomic E-state index is 13.8. The fourth-order valence-corrected chi connectivity index (χ4v) is 3.14. The topological polar surface area (TPSA) is 93.5 Å².